The molecule has 0 aliphatic carbocycles. The average molecular weight is 399 g/mol. The van der Waals surface area contributed by atoms with Crippen molar-refractivity contribution in [3.8, 4) is 11.5 Å². The summed E-state index contributed by atoms with van der Waals surface area (Å²) in [4.78, 5) is 14.3. The first-order valence-electron chi connectivity index (χ1n) is 8.79. The molecule has 10 heteroatoms. The van der Waals surface area contributed by atoms with Gasteiger partial charge < -0.3 is 24.4 Å². The molecule has 0 bridgehead atoms. The normalized spacial score (nSPS) is 21.7. The Labute approximate surface area is 159 Å². The molecule has 0 spiro atoms. The van der Waals surface area contributed by atoms with Crippen LogP contribution in [0.15, 0.2) is 23.1 Å². The lowest BCUT2D eigenvalue weighted by Gasteiger charge is -2.36. The van der Waals surface area contributed by atoms with Gasteiger partial charge in [-0.05, 0) is 12.1 Å². The van der Waals surface area contributed by atoms with E-state index in [9.17, 15) is 13.2 Å². The number of amides is 1. The molecule has 2 heterocycles. The fraction of sp³-hybridized carbons (Fsp3) is 0.588. The molecule has 1 atom stereocenters. The number of benzene rings is 1. The van der Waals surface area contributed by atoms with Crippen LogP contribution in [0, 0.1) is 0 Å². The van der Waals surface area contributed by atoms with Crippen molar-refractivity contribution in [1.29, 1.82) is 0 Å². The van der Waals surface area contributed by atoms with Crippen molar-refractivity contribution in [2.24, 2.45) is 0 Å². The highest BCUT2D eigenvalue weighted by atomic mass is 32.2. The third-order valence-electron chi connectivity index (χ3n) is 4.76. The highest BCUT2D eigenvalue weighted by molar-refractivity contribution is 7.89. The lowest BCUT2D eigenvalue weighted by atomic mass is 10.2. The predicted molar refractivity (Wildman–Crippen MR) is 97.5 cm³/mol. The molecule has 2 aliphatic heterocycles. The quantitative estimate of drug-likeness (QED) is 0.715. The number of rotatable bonds is 5. The van der Waals surface area contributed by atoms with Gasteiger partial charge in [-0.2, -0.15) is 4.31 Å². The van der Waals surface area contributed by atoms with E-state index in [1.165, 1.54) is 24.6 Å². The van der Waals surface area contributed by atoms with Gasteiger partial charge in [0, 0.05) is 38.8 Å². The Morgan fingerprint density at radius 1 is 1.19 bits per heavy atom. The van der Waals surface area contributed by atoms with E-state index in [1.54, 1.807) is 17.0 Å². The first kappa shape index (κ1) is 19.9. The van der Waals surface area contributed by atoms with Gasteiger partial charge in [0.2, 0.25) is 15.9 Å². The number of carbonyl (C=O) groups excluding carboxylic acids is 1. The Kier molecular flexibility index (Phi) is 6.20. The van der Waals surface area contributed by atoms with E-state index in [-0.39, 0.29) is 35.7 Å². The minimum atomic E-state index is -3.76. The van der Waals surface area contributed by atoms with Crippen molar-refractivity contribution in [2.75, 3.05) is 60.2 Å². The van der Waals surface area contributed by atoms with Crippen molar-refractivity contribution >= 4 is 15.9 Å². The van der Waals surface area contributed by atoms with Crippen LogP contribution in [0.25, 0.3) is 0 Å². The third-order valence-corrected chi connectivity index (χ3v) is 6.68. The Bertz CT molecular complexity index is 771. The van der Waals surface area contributed by atoms with Gasteiger partial charge in [0.15, 0.2) is 0 Å². The molecule has 27 heavy (non-hydrogen) atoms. The number of piperazine rings is 1. The molecule has 0 radical (unpaired) electrons. The van der Waals surface area contributed by atoms with Crippen LogP contribution in [0.1, 0.15) is 0 Å². The van der Waals surface area contributed by atoms with Crippen LogP contribution in [0.5, 0.6) is 11.5 Å². The monoisotopic (exact) mass is 399 g/mol. The summed E-state index contributed by atoms with van der Waals surface area (Å²) in [6, 6.07) is 4.31. The van der Waals surface area contributed by atoms with Crippen LogP contribution in [0.4, 0.5) is 0 Å². The molecule has 1 N–H and O–H groups in total. The van der Waals surface area contributed by atoms with E-state index < -0.39 is 10.0 Å². The van der Waals surface area contributed by atoms with Gasteiger partial charge in [0.05, 0.1) is 27.4 Å². The van der Waals surface area contributed by atoms with Gasteiger partial charge >= 0.3 is 0 Å². The maximum atomic E-state index is 13.1. The highest BCUT2D eigenvalue weighted by Crippen LogP contribution is 2.31. The molecule has 0 aromatic heterocycles. The zero-order valence-electron chi connectivity index (χ0n) is 15.5. The first-order valence-corrected chi connectivity index (χ1v) is 10.2. The van der Waals surface area contributed by atoms with E-state index in [1.807, 2.05) is 0 Å². The van der Waals surface area contributed by atoms with Crippen LogP contribution in [-0.2, 0) is 19.6 Å². The summed E-state index contributed by atoms with van der Waals surface area (Å²) in [5.74, 6) is 0.648. The zero-order chi connectivity index (χ0) is 19.4. The lowest BCUT2D eigenvalue weighted by Crippen LogP contribution is -2.57. The Hall–Kier alpha value is -1.88. The van der Waals surface area contributed by atoms with Crippen molar-refractivity contribution in [1.82, 2.24) is 14.5 Å². The zero-order valence-corrected chi connectivity index (χ0v) is 16.3. The van der Waals surface area contributed by atoms with E-state index in [4.69, 9.17) is 14.2 Å². The minimum absolute atomic E-state index is 0.0503. The minimum Gasteiger partial charge on any atom is -0.497 e. The number of morpholine rings is 1. The summed E-state index contributed by atoms with van der Waals surface area (Å²) in [5, 5.41) is 3.13. The number of nitrogens with one attached hydrogen (secondary N) is 1. The predicted octanol–water partition coefficient (Wildman–Crippen LogP) is -0.475. The number of carbonyl (C=O) groups is 1. The molecular formula is C17H25N3O6S. The van der Waals surface area contributed by atoms with Gasteiger partial charge in [0.25, 0.3) is 0 Å². The van der Waals surface area contributed by atoms with Crippen LogP contribution < -0.4 is 14.8 Å². The molecule has 9 nitrogen and oxygen atoms in total. The fourth-order valence-electron chi connectivity index (χ4n) is 3.22. The molecule has 2 aliphatic rings. The highest BCUT2D eigenvalue weighted by Gasteiger charge is 2.34. The molecule has 1 aromatic carbocycles. The van der Waals surface area contributed by atoms with Crippen LogP contribution >= 0.6 is 0 Å². The van der Waals surface area contributed by atoms with E-state index >= 15 is 0 Å². The number of ether oxygens (including phenoxy) is 3. The van der Waals surface area contributed by atoms with E-state index in [0.29, 0.717) is 38.6 Å². The number of hydrogen-bond donors (Lipinski definition) is 1. The molecule has 3 rings (SSSR count). The number of methoxy groups -OCH3 is 2. The second-order valence-electron chi connectivity index (χ2n) is 6.33. The maximum Gasteiger partial charge on any atom is 0.247 e. The maximum absolute atomic E-state index is 13.1. The van der Waals surface area contributed by atoms with Crippen LogP contribution in [-0.4, -0.2) is 89.7 Å². The smallest absolute Gasteiger partial charge is 0.247 e. The summed E-state index contributed by atoms with van der Waals surface area (Å²) in [7, 11) is -0.856. The van der Waals surface area contributed by atoms with Gasteiger partial charge in [-0.1, -0.05) is 0 Å². The average Bonchev–Trinajstić information content (AvgIpc) is 2.73. The van der Waals surface area contributed by atoms with E-state index in [0.717, 1.165) is 0 Å². The fourth-order valence-corrected chi connectivity index (χ4v) is 4.81. The van der Waals surface area contributed by atoms with Crippen molar-refractivity contribution in [2.45, 2.75) is 10.9 Å². The Morgan fingerprint density at radius 2 is 1.93 bits per heavy atom. The first-order chi connectivity index (χ1) is 13.0. The molecule has 1 amide bonds. The summed E-state index contributed by atoms with van der Waals surface area (Å²) in [6.07, 6.45) is 0. The van der Waals surface area contributed by atoms with Crippen LogP contribution in [0.2, 0.25) is 0 Å². The molecule has 2 saturated heterocycles. The molecule has 1 aromatic rings. The van der Waals surface area contributed by atoms with Gasteiger partial charge in [-0.25, -0.2) is 8.42 Å². The lowest BCUT2D eigenvalue weighted by molar-refractivity contribution is -0.137. The molecular weight excluding hydrogens is 374 g/mol. The summed E-state index contributed by atoms with van der Waals surface area (Å²) in [5.41, 5.74) is 0. The topological polar surface area (TPSA) is 97.4 Å². The van der Waals surface area contributed by atoms with Gasteiger partial charge in [-0.3, -0.25) is 4.79 Å². The Balaban J connectivity index is 1.70. The molecule has 150 valence electrons. The van der Waals surface area contributed by atoms with Gasteiger partial charge in [-0.15, -0.1) is 0 Å². The van der Waals surface area contributed by atoms with Gasteiger partial charge in [0.1, 0.15) is 22.4 Å². The summed E-state index contributed by atoms with van der Waals surface area (Å²) in [6.45, 7) is 2.70. The van der Waals surface area contributed by atoms with Crippen molar-refractivity contribution in [3.05, 3.63) is 18.2 Å². The largest absolute Gasteiger partial charge is 0.497 e. The molecule has 2 fully saturated rings. The second kappa shape index (κ2) is 8.42. The van der Waals surface area contributed by atoms with E-state index in [2.05, 4.69) is 5.32 Å². The Morgan fingerprint density at radius 3 is 2.52 bits per heavy atom. The summed E-state index contributed by atoms with van der Waals surface area (Å²) < 4.78 is 43.2. The number of nitrogens with zero attached hydrogens (tertiary/aromatic N) is 2. The third kappa shape index (κ3) is 4.18. The SMILES string of the molecule is COc1ccc(OC)c(S(=O)(=O)N2CCN(C(=O)C3COCCN3)CC2)c1. The second-order valence-corrected chi connectivity index (χ2v) is 8.23. The number of hydrogen-bond acceptors (Lipinski definition) is 7. The molecule has 1 unspecified atom stereocenters. The standard InChI is InChI=1S/C17H25N3O6S/c1-24-13-3-4-15(25-2)16(11-13)27(22,23)20-8-6-19(7-9-20)17(21)14-12-26-10-5-18-14/h3-4,11,14,18H,5-10,12H2,1-2H3. The van der Waals surface area contributed by atoms with Crippen molar-refractivity contribution in [3.63, 3.8) is 0 Å². The van der Waals surface area contributed by atoms with Crippen molar-refractivity contribution < 1.29 is 27.4 Å². The number of sulfonamides is 1. The molecule has 0 saturated carbocycles. The van der Waals surface area contributed by atoms with Crippen LogP contribution in [0.3, 0.4) is 0 Å². The summed E-state index contributed by atoms with van der Waals surface area (Å²) >= 11 is 0.